The van der Waals surface area contributed by atoms with Crippen molar-refractivity contribution in [3.63, 3.8) is 0 Å². The quantitative estimate of drug-likeness (QED) is 0.193. The van der Waals surface area contributed by atoms with Crippen LogP contribution in [0.4, 0.5) is 5.69 Å². The first-order chi connectivity index (χ1) is 18.7. The third kappa shape index (κ3) is 7.25. The number of benzene rings is 4. The molecule has 0 radical (unpaired) electrons. The van der Waals surface area contributed by atoms with Crippen LogP contribution in [0.5, 0.6) is 5.75 Å². The fraction of sp³-hybridized carbons (Fsp3) is 0.133. The van der Waals surface area contributed by atoms with Gasteiger partial charge in [-0.05, 0) is 79.1 Å². The van der Waals surface area contributed by atoms with Crippen molar-refractivity contribution in [1.29, 1.82) is 0 Å². The van der Waals surface area contributed by atoms with E-state index < -0.39 is 22.5 Å². The van der Waals surface area contributed by atoms with Crippen LogP contribution in [0.25, 0.3) is 0 Å². The molecule has 0 spiro atoms. The standard InChI is InChI=1S/C30H28ClN3O4S/c1-22-12-17-27(18-23(22)2)34(39(36,37)28-9-4-3-5-10-28)20-30(35)33-32-19-25-8-6-7-11-29(25)38-21-24-13-15-26(31)16-14-24/h3-19H,20-21H2,1-2H3,(H,33,35)/b32-19+. The summed E-state index contributed by atoms with van der Waals surface area (Å²) in [5.74, 6) is -0.0163. The fourth-order valence-electron chi connectivity index (χ4n) is 3.72. The molecule has 0 bridgehead atoms. The molecule has 4 rings (SSSR count). The van der Waals surface area contributed by atoms with Gasteiger partial charge in [0.2, 0.25) is 0 Å². The van der Waals surface area contributed by atoms with Crippen molar-refractivity contribution in [3.8, 4) is 5.75 Å². The first-order valence-corrected chi connectivity index (χ1v) is 14.0. The van der Waals surface area contributed by atoms with Crippen molar-refractivity contribution in [2.45, 2.75) is 25.3 Å². The molecule has 1 amide bonds. The second-order valence-corrected chi connectivity index (χ2v) is 11.1. The summed E-state index contributed by atoms with van der Waals surface area (Å²) in [6.07, 6.45) is 1.46. The number of carbonyl (C=O) groups excluding carboxylic acids is 1. The molecule has 4 aromatic rings. The van der Waals surface area contributed by atoms with Crippen LogP contribution in [-0.2, 0) is 21.4 Å². The molecule has 0 aliphatic heterocycles. The topological polar surface area (TPSA) is 88.1 Å². The van der Waals surface area contributed by atoms with Crippen LogP contribution in [-0.4, -0.2) is 27.1 Å². The van der Waals surface area contributed by atoms with Gasteiger partial charge < -0.3 is 4.74 Å². The van der Waals surface area contributed by atoms with Crippen LogP contribution in [0, 0.1) is 13.8 Å². The summed E-state index contributed by atoms with van der Waals surface area (Å²) >= 11 is 5.94. The van der Waals surface area contributed by atoms with E-state index in [0.717, 1.165) is 21.0 Å². The number of hydrazone groups is 1. The Morgan fingerprint density at radius 1 is 0.923 bits per heavy atom. The largest absolute Gasteiger partial charge is 0.488 e. The molecule has 200 valence electrons. The van der Waals surface area contributed by atoms with E-state index >= 15 is 0 Å². The van der Waals surface area contributed by atoms with Gasteiger partial charge in [-0.25, -0.2) is 13.8 Å². The summed E-state index contributed by atoms with van der Waals surface area (Å²) in [4.78, 5) is 13.0. The Bertz CT molecular complexity index is 1570. The Kier molecular flexibility index (Phi) is 9.01. The van der Waals surface area contributed by atoms with Crippen molar-refractivity contribution in [2.24, 2.45) is 5.10 Å². The number of hydrogen-bond acceptors (Lipinski definition) is 5. The number of carbonyl (C=O) groups is 1. The Hall–Kier alpha value is -4.14. The summed E-state index contributed by atoms with van der Waals surface area (Å²) in [5, 5.41) is 4.71. The highest BCUT2D eigenvalue weighted by Gasteiger charge is 2.27. The van der Waals surface area contributed by atoms with E-state index in [1.807, 2.05) is 44.2 Å². The van der Waals surface area contributed by atoms with Crippen molar-refractivity contribution < 1.29 is 17.9 Å². The van der Waals surface area contributed by atoms with Gasteiger partial charge in [0.15, 0.2) is 0 Å². The average molecular weight is 562 g/mol. The highest BCUT2D eigenvalue weighted by Crippen LogP contribution is 2.25. The van der Waals surface area contributed by atoms with Gasteiger partial charge in [-0.15, -0.1) is 0 Å². The summed E-state index contributed by atoms with van der Waals surface area (Å²) in [6, 6.07) is 27.9. The average Bonchev–Trinajstić information content (AvgIpc) is 2.94. The smallest absolute Gasteiger partial charge is 0.264 e. The maximum absolute atomic E-state index is 13.5. The maximum Gasteiger partial charge on any atom is 0.264 e. The summed E-state index contributed by atoms with van der Waals surface area (Å²) in [6.45, 7) is 3.71. The number of para-hydroxylation sites is 1. The molecule has 0 heterocycles. The molecule has 0 fully saturated rings. The third-order valence-electron chi connectivity index (χ3n) is 6.02. The number of ether oxygens (including phenoxy) is 1. The minimum atomic E-state index is -4.01. The van der Waals surface area contributed by atoms with Crippen LogP contribution >= 0.6 is 11.6 Å². The van der Waals surface area contributed by atoms with Gasteiger partial charge in [0.25, 0.3) is 15.9 Å². The number of nitrogens with one attached hydrogen (secondary N) is 1. The molecule has 39 heavy (non-hydrogen) atoms. The number of halogens is 1. The number of aryl methyl sites for hydroxylation is 2. The monoisotopic (exact) mass is 561 g/mol. The molecule has 0 saturated heterocycles. The van der Waals surface area contributed by atoms with Crippen LogP contribution in [0.2, 0.25) is 5.02 Å². The molecule has 9 heteroatoms. The number of sulfonamides is 1. The second kappa shape index (κ2) is 12.6. The van der Waals surface area contributed by atoms with E-state index in [-0.39, 0.29) is 4.90 Å². The lowest BCUT2D eigenvalue weighted by atomic mass is 10.1. The molecule has 1 N–H and O–H groups in total. The van der Waals surface area contributed by atoms with Gasteiger partial charge in [0.1, 0.15) is 18.9 Å². The van der Waals surface area contributed by atoms with Crippen LogP contribution in [0.1, 0.15) is 22.3 Å². The number of rotatable bonds is 10. The number of anilines is 1. The minimum absolute atomic E-state index is 0.0892. The second-order valence-electron chi connectivity index (χ2n) is 8.84. The lowest BCUT2D eigenvalue weighted by Crippen LogP contribution is -2.39. The summed E-state index contributed by atoms with van der Waals surface area (Å²) in [7, 11) is -4.01. The van der Waals surface area contributed by atoms with Gasteiger partial charge in [-0.1, -0.05) is 60.1 Å². The zero-order valence-electron chi connectivity index (χ0n) is 21.5. The van der Waals surface area contributed by atoms with E-state index in [4.69, 9.17) is 16.3 Å². The highest BCUT2D eigenvalue weighted by molar-refractivity contribution is 7.92. The van der Waals surface area contributed by atoms with E-state index in [9.17, 15) is 13.2 Å². The Morgan fingerprint density at radius 3 is 2.33 bits per heavy atom. The summed E-state index contributed by atoms with van der Waals surface area (Å²) in [5.41, 5.74) is 6.36. The Balaban J connectivity index is 1.49. The van der Waals surface area contributed by atoms with Gasteiger partial charge in [0.05, 0.1) is 16.8 Å². The normalized spacial score (nSPS) is 11.4. The fourth-order valence-corrected chi connectivity index (χ4v) is 5.28. The highest BCUT2D eigenvalue weighted by atomic mass is 35.5. The Labute approximate surface area is 233 Å². The Morgan fingerprint density at radius 2 is 1.62 bits per heavy atom. The van der Waals surface area contributed by atoms with Crippen LogP contribution in [0.3, 0.4) is 0 Å². The van der Waals surface area contributed by atoms with Crippen LogP contribution < -0.4 is 14.5 Å². The van der Waals surface area contributed by atoms with Gasteiger partial charge in [-0.3, -0.25) is 9.10 Å². The lowest BCUT2D eigenvalue weighted by molar-refractivity contribution is -0.119. The molecule has 0 atom stereocenters. The zero-order chi connectivity index (χ0) is 27.8. The predicted molar refractivity (Wildman–Crippen MR) is 155 cm³/mol. The SMILES string of the molecule is Cc1ccc(N(CC(=O)N/N=C/c2ccccc2OCc2ccc(Cl)cc2)S(=O)(=O)c2ccccc2)cc1C. The number of nitrogens with zero attached hydrogens (tertiary/aromatic N) is 2. The molecule has 0 unspecified atom stereocenters. The number of hydrogen-bond donors (Lipinski definition) is 1. The third-order valence-corrected chi connectivity index (χ3v) is 8.06. The first kappa shape index (κ1) is 27.9. The molecular weight excluding hydrogens is 534 g/mol. The first-order valence-electron chi connectivity index (χ1n) is 12.2. The molecular formula is C30H28ClN3O4S. The molecule has 0 aliphatic carbocycles. The van der Waals surface area contributed by atoms with Crippen molar-refractivity contribution >= 4 is 39.4 Å². The molecule has 7 nitrogen and oxygen atoms in total. The number of amides is 1. The molecule has 0 aliphatic rings. The minimum Gasteiger partial charge on any atom is -0.488 e. The van der Waals surface area contributed by atoms with Crippen molar-refractivity contribution in [1.82, 2.24) is 5.43 Å². The maximum atomic E-state index is 13.5. The van der Waals surface area contributed by atoms with Gasteiger partial charge >= 0.3 is 0 Å². The molecule has 0 aromatic heterocycles. The zero-order valence-corrected chi connectivity index (χ0v) is 23.1. The van der Waals surface area contributed by atoms with E-state index in [0.29, 0.717) is 28.6 Å². The summed E-state index contributed by atoms with van der Waals surface area (Å²) < 4.78 is 34.0. The van der Waals surface area contributed by atoms with E-state index in [2.05, 4.69) is 10.5 Å². The van der Waals surface area contributed by atoms with Gasteiger partial charge in [-0.2, -0.15) is 5.10 Å². The lowest BCUT2D eigenvalue weighted by Gasteiger charge is -2.24. The van der Waals surface area contributed by atoms with E-state index in [1.165, 1.54) is 18.3 Å². The van der Waals surface area contributed by atoms with Crippen molar-refractivity contribution in [2.75, 3.05) is 10.8 Å². The van der Waals surface area contributed by atoms with Gasteiger partial charge in [0, 0.05) is 10.6 Å². The predicted octanol–water partition coefficient (Wildman–Crippen LogP) is 5.88. The molecule has 4 aromatic carbocycles. The van der Waals surface area contributed by atoms with Crippen molar-refractivity contribution in [3.05, 3.63) is 124 Å². The van der Waals surface area contributed by atoms with Crippen LogP contribution in [0.15, 0.2) is 107 Å². The van der Waals surface area contributed by atoms with E-state index in [1.54, 1.807) is 54.6 Å². The molecule has 0 saturated carbocycles.